The first-order valence-corrected chi connectivity index (χ1v) is 6.08. The van der Waals surface area contributed by atoms with Gasteiger partial charge >= 0.3 is 0 Å². The zero-order chi connectivity index (χ0) is 12.3. The monoisotopic (exact) mass is 225 g/mol. The van der Waals surface area contributed by atoms with Crippen molar-refractivity contribution in [1.29, 1.82) is 0 Å². The van der Waals surface area contributed by atoms with Gasteiger partial charge in [-0.1, -0.05) is 27.7 Å². The topological polar surface area (TPSA) is 53.8 Å². The van der Waals surface area contributed by atoms with Crippen molar-refractivity contribution in [3.8, 4) is 0 Å². The molecule has 0 aliphatic carbocycles. The van der Waals surface area contributed by atoms with Crippen molar-refractivity contribution in [2.75, 3.05) is 0 Å². The molecule has 4 nitrogen and oxygen atoms in total. The van der Waals surface area contributed by atoms with Gasteiger partial charge in [0, 0.05) is 12.0 Å². The smallest absolute Gasteiger partial charge is 0.188 e. The van der Waals surface area contributed by atoms with Crippen LogP contribution in [0.3, 0.4) is 0 Å². The lowest BCUT2D eigenvalue weighted by atomic mass is 9.95. The number of nitrogens with one attached hydrogen (secondary N) is 1. The van der Waals surface area contributed by atoms with Crippen LogP contribution in [0, 0.1) is 5.92 Å². The molecule has 1 heterocycles. The van der Waals surface area contributed by atoms with Crippen LogP contribution in [0.1, 0.15) is 47.5 Å². The lowest BCUT2D eigenvalue weighted by Gasteiger charge is -2.22. The summed E-state index contributed by atoms with van der Waals surface area (Å²) < 4.78 is 0. The molecule has 1 aliphatic heterocycles. The van der Waals surface area contributed by atoms with Crippen LogP contribution in [-0.2, 0) is 4.79 Å². The standard InChI is InChI=1S/C12H23N3O/c1-8(2)11(16)10(13-9(3)4)6-7-12(5)14-15-12/h8-10,13H,6-7H2,1-5H3. The largest absolute Gasteiger partial charge is 0.305 e. The van der Waals surface area contributed by atoms with E-state index in [0.29, 0.717) is 6.04 Å². The molecular weight excluding hydrogens is 202 g/mol. The van der Waals surface area contributed by atoms with Crippen LogP contribution in [-0.4, -0.2) is 23.5 Å². The van der Waals surface area contributed by atoms with Crippen molar-refractivity contribution < 1.29 is 4.79 Å². The normalized spacial score (nSPS) is 19.2. The molecule has 1 aliphatic rings. The van der Waals surface area contributed by atoms with E-state index < -0.39 is 0 Å². The predicted octanol–water partition coefficient (Wildman–Crippen LogP) is 2.54. The van der Waals surface area contributed by atoms with E-state index in [1.165, 1.54) is 0 Å². The first kappa shape index (κ1) is 13.3. The molecule has 1 rings (SSSR count). The average Bonchev–Trinajstić information content (AvgIpc) is 2.90. The van der Waals surface area contributed by atoms with E-state index in [1.807, 2.05) is 20.8 Å². The highest BCUT2D eigenvalue weighted by molar-refractivity contribution is 5.85. The zero-order valence-electron chi connectivity index (χ0n) is 10.9. The molecule has 0 amide bonds. The predicted molar refractivity (Wildman–Crippen MR) is 64.4 cm³/mol. The Morgan fingerprint density at radius 2 is 1.81 bits per heavy atom. The Hall–Kier alpha value is -0.770. The summed E-state index contributed by atoms with van der Waals surface area (Å²) >= 11 is 0. The summed E-state index contributed by atoms with van der Waals surface area (Å²) in [5.74, 6) is 0.370. The molecular formula is C12H23N3O. The van der Waals surface area contributed by atoms with Gasteiger partial charge in [-0.3, -0.25) is 4.79 Å². The highest BCUT2D eigenvalue weighted by Gasteiger charge is 2.35. The number of ketones is 1. The molecule has 0 spiro atoms. The van der Waals surface area contributed by atoms with Gasteiger partial charge in [0.15, 0.2) is 11.4 Å². The summed E-state index contributed by atoms with van der Waals surface area (Å²) in [5.41, 5.74) is -0.200. The van der Waals surface area contributed by atoms with E-state index in [9.17, 15) is 4.79 Å². The Morgan fingerprint density at radius 3 is 2.19 bits per heavy atom. The van der Waals surface area contributed by atoms with E-state index in [-0.39, 0.29) is 23.4 Å². The molecule has 0 aromatic carbocycles. The number of hydrogen-bond acceptors (Lipinski definition) is 4. The van der Waals surface area contributed by atoms with Gasteiger partial charge in [-0.25, -0.2) is 0 Å². The third-order valence-corrected chi connectivity index (χ3v) is 2.80. The molecule has 0 saturated carbocycles. The molecule has 1 atom stereocenters. The quantitative estimate of drug-likeness (QED) is 0.724. The second kappa shape index (κ2) is 5.04. The minimum Gasteiger partial charge on any atom is -0.305 e. The van der Waals surface area contributed by atoms with Crippen molar-refractivity contribution in [3.63, 3.8) is 0 Å². The molecule has 1 N–H and O–H groups in total. The third-order valence-electron chi connectivity index (χ3n) is 2.80. The number of carbonyl (C=O) groups is 1. The summed E-state index contributed by atoms with van der Waals surface area (Å²) in [6.07, 6.45) is 1.68. The van der Waals surface area contributed by atoms with Crippen LogP contribution in [0.25, 0.3) is 0 Å². The van der Waals surface area contributed by atoms with Gasteiger partial charge < -0.3 is 5.32 Å². The summed E-state index contributed by atoms with van der Waals surface area (Å²) in [6.45, 7) is 10.0. The zero-order valence-corrected chi connectivity index (χ0v) is 10.9. The number of Topliss-reactive ketones (excluding diaryl/α,β-unsaturated/α-hetero) is 1. The maximum Gasteiger partial charge on any atom is 0.188 e. The Labute approximate surface area is 97.9 Å². The lowest BCUT2D eigenvalue weighted by molar-refractivity contribution is -0.124. The van der Waals surface area contributed by atoms with E-state index in [4.69, 9.17) is 0 Å². The van der Waals surface area contributed by atoms with Crippen molar-refractivity contribution in [3.05, 3.63) is 0 Å². The maximum atomic E-state index is 12.0. The second-order valence-electron chi connectivity index (χ2n) is 5.39. The number of nitrogens with zero attached hydrogens (tertiary/aromatic N) is 2. The Morgan fingerprint density at radius 1 is 1.25 bits per heavy atom. The van der Waals surface area contributed by atoms with Crippen LogP contribution in [0.15, 0.2) is 10.2 Å². The Balaban J connectivity index is 2.46. The molecule has 0 radical (unpaired) electrons. The van der Waals surface area contributed by atoms with Gasteiger partial charge in [-0.2, -0.15) is 10.2 Å². The van der Waals surface area contributed by atoms with Crippen LogP contribution in [0.5, 0.6) is 0 Å². The van der Waals surface area contributed by atoms with Gasteiger partial charge in [0.25, 0.3) is 0 Å². The van der Waals surface area contributed by atoms with Crippen LogP contribution in [0.2, 0.25) is 0 Å². The molecule has 4 heteroatoms. The molecule has 0 fully saturated rings. The minimum absolute atomic E-state index is 0.0529. The number of rotatable bonds is 7. The molecule has 92 valence electrons. The Bertz CT molecular complexity index is 278. The van der Waals surface area contributed by atoms with E-state index >= 15 is 0 Å². The average molecular weight is 225 g/mol. The summed E-state index contributed by atoms with van der Waals surface area (Å²) in [6, 6.07) is 0.274. The molecule has 0 aromatic rings. The number of carbonyl (C=O) groups excluding carboxylic acids is 1. The first-order valence-electron chi connectivity index (χ1n) is 6.08. The van der Waals surface area contributed by atoms with Crippen LogP contribution < -0.4 is 5.32 Å². The van der Waals surface area contributed by atoms with Gasteiger partial charge in [-0.05, 0) is 19.8 Å². The lowest BCUT2D eigenvalue weighted by Crippen LogP contribution is -2.43. The van der Waals surface area contributed by atoms with Crippen molar-refractivity contribution >= 4 is 5.78 Å². The minimum atomic E-state index is -0.200. The first-order chi connectivity index (χ1) is 7.34. The van der Waals surface area contributed by atoms with Crippen LogP contribution >= 0.6 is 0 Å². The van der Waals surface area contributed by atoms with Crippen molar-refractivity contribution in [2.45, 2.75) is 65.2 Å². The summed E-state index contributed by atoms with van der Waals surface area (Å²) in [5, 5.41) is 11.3. The SMILES string of the molecule is CC(C)NC(CCC1(C)N=N1)C(=O)C(C)C. The maximum absolute atomic E-state index is 12.0. The Kier molecular flexibility index (Phi) is 4.19. The molecule has 0 bridgehead atoms. The van der Waals surface area contributed by atoms with Gasteiger partial charge in [0.05, 0.1) is 6.04 Å². The molecule has 0 aromatic heterocycles. The van der Waals surface area contributed by atoms with E-state index in [0.717, 1.165) is 12.8 Å². The second-order valence-corrected chi connectivity index (χ2v) is 5.39. The van der Waals surface area contributed by atoms with Gasteiger partial charge in [-0.15, -0.1) is 0 Å². The van der Waals surface area contributed by atoms with E-state index in [2.05, 4.69) is 29.4 Å². The highest BCUT2D eigenvalue weighted by Crippen LogP contribution is 2.32. The summed E-state index contributed by atoms with van der Waals surface area (Å²) in [7, 11) is 0. The highest BCUT2D eigenvalue weighted by atomic mass is 16.1. The fourth-order valence-electron chi connectivity index (χ4n) is 1.72. The van der Waals surface area contributed by atoms with E-state index in [1.54, 1.807) is 0 Å². The van der Waals surface area contributed by atoms with Crippen LogP contribution in [0.4, 0.5) is 0 Å². The number of hydrogen-bond donors (Lipinski definition) is 1. The molecule has 0 saturated heterocycles. The molecule has 1 unspecified atom stereocenters. The fraction of sp³-hybridized carbons (Fsp3) is 0.917. The third kappa shape index (κ3) is 4.00. The fourth-order valence-corrected chi connectivity index (χ4v) is 1.72. The molecule has 16 heavy (non-hydrogen) atoms. The van der Waals surface area contributed by atoms with Gasteiger partial charge in [0.2, 0.25) is 0 Å². The summed E-state index contributed by atoms with van der Waals surface area (Å²) in [4.78, 5) is 12.0. The van der Waals surface area contributed by atoms with Crippen molar-refractivity contribution in [2.24, 2.45) is 16.1 Å². The van der Waals surface area contributed by atoms with Gasteiger partial charge in [0.1, 0.15) is 0 Å². The van der Waals surface area contributed by atoms with Crippen molar-refractivity contribution in [1.82, 2.24) is 5.32 Å².